The van der Waals surface area contributed by atoms with Gasteiger partial charge in [-0.05, 0) is 75.1 Å². The van der Waals surface area contributed by atoms with E-state index in [1.807, 2.05) is 37.3 Å². The van der Waals surface area contributed by atoms with Crippen molar-refractivity contribution in [3.8, 4) is 17.2 Å². The van der Waals surface area contributed by atoms with Gasteiger partial charge in [0.2, 0.25) is 11.8 Å². The van der Waals surface area contributed by atoms with Crippen molar-refractivity contribution in [1.82, 2.24) is 10.2 Å². The maximum atomic E-state index is 14.2. The molecule has 3 aromatic carbocycles. The summed E-state index contributed by atoms with van der Waals surface area (Å²) < 4.78 is 45.7. The van der Waals surface area contributed by atoms with Gasteiger partial charge in [-0.2, -0.15) is 0 Å². The topological polar surface area (TPSA) is 114 Å². The van der Waals surface area contributed by atoms with Gasteiger partial charge in [-0.1, -0.05) is 43.2 Å². The number of nitrogens with zero attached hydrogens (tertiary/aromatic N) is 2. The van der Waals surface area contributed by atoms with E-state index in [1.54, 1.807) is 31.2 Å². The molecule has 1 saturated carbocycles. The van der Waals surface area contributed by atoms with Gasteiger partial charge in [0.15, 0.2) is 11.5 Å². The van der Waals surface area contributed by atoms with E-state index in [4.69, 9.17) is 14.2 Å². The molecule has 11 heteroatoms. The molecule has 1 aliphatic rings. The second-order valence-corrected chi connectivity index (χ2v) is 12.8. The summed E-state index contributed by atoms with van der Waals surface area (Å²) in [7, 11) is -1.40. The summed E-state index contributed by atoms with van der Waals surface area (Å²) in [6.45, 7) is 3.70. The number of anilines is 1. The van der Waals surface area contributed by atoms with Gasteiger partial charge < -0.3 is 24.4 Å². The molecule has 3 aromatic rings. The first kappa shape index (κ1) is 33.6. The summed E-state index contributed by atoms with van der Waals surface area (Å²) in [4.78, 5) is 29.0. The fourth-order valence-corrected chi connectivity index (χ4v) is 6.90. The van der Waals surface area contributed by atoms with Crippen LogP contribution in [0.15, 0.2) is 77.7 Å². The van der Waals surface area contributed by atoms with Gasteiger partial charge in [0.05, 0.1) is 31.4 Å². The molecule has 0 heterocycles. The molecule has 0 saturated heterocycles. The van der Waals surface area contributed by atoms with Crippen molar-refractivity contribution >= 4 is 27.5 Å². The van der Waals surface area contributed by atoms with Crippen molar-refractivity contribution in [2.24, 2.45) is 0 Å². The van der Waals surface area contributed by atoms with E-state index in [-0.39, 0.29) is 34.8 Å². The Bertz CT molecular complexity index is 1530. The minimum atomic E-state index is -4.29. The van der Waals surface area contributed by atoms with E-state index >= 15 is 0 Å². The Hall–Kier alpha value is -4.25. The minimum Gasteiger partial charge on any atom is -0.494 e. The van der Waals surface area contributed by atoms with Gasteiger partial charge in [0, 0.05) is 18.7 Å². The molecule has 1 aliphatic carbocycles. The third-order valence-corrected chi connectivity index (χ3v) is 9.78. The largest absolute Gasteiger partial charge is 0.494 e. The number of benzene rings is 3. The van der Waals surface area contributed by atoms with Crippen LogP contribution in [-0.2, 0) is 26.0 Å². The van der Waals surface area contributed by atoms with Gasteiger partial charge in [0.1, 0.15) is 18.3 Å². The zero-order chi connectivity index (χ0) is 32.4. The number of hydrogen-bond donors (Lipinski definition) is 1. The third-order valence-electron chi connectivity index (χ3n) is 8.01. The highest BCUT2D eigenvalue weighted by atomic mass is 32.2. The summed E-state index contributed by atoms with van der Waals surface area (Å²) in [6.07, 6.45) is 4.43. The number of ether oxygens (including phenoxy) is 3. The fraction of sp³-hybridized carbons (Fsp3) is 0.412. The molecule has 1 fully saturated rings. The smallest absolute Gasteiger partial charge is 0.264 e. The number of hydrogen-bond acceptors (Lipinski definition) is 7. The Balaban J connectivity index is 1.69. The molecule has 0 bridgehead atoms. The molecule has 1 N–H and O–H groups in total. The van der Waals surface area contributed by atoms with Crippen LogP contribution in [-0.4, -0.2) is 71.1 Å². The van der Waals surface area contributed by atoms with E-state index in [0.717, 1.165) is 35.6 Å². The Kier molecular flexibility index (Phi) is 11.7. The molecule has 0 radical (unpaired) electrons. The maximum absolute atomic E-state index is 14.2. The number of carbonyl (C=O) groups is 2. The van der Waals surface area contributed by atoms with Gasteiger partial charge in [-0.3, -0.25) is 13.9 Å². The van der Waals surface area contributed by atoms with Crippen LogP contribution in [0.2, 0.25) is 0 Å². The molecule has 0 aromatic heterocycles. The van der Waals surface area contributed by atoms with Crippen LogP contribution in [0.25, 0.3) is 0 Å². The average molecular weight is 638 g/mol. The molecule has 0 aliphatic heterocycles. The maximum Gasteiger partial charge on any atom is 0.264 e. The van der Waals surface area contributed by atoms with Crippen LogP contribution >= 0.6 is 0 Å². The van der Waals surface area contributed by atoms with Crippen LogP contribution in [0, 0.1) is 0 Å². The molecular formula is C34H43N3O7S. The van der Waals surface area contributed by atoms with Gasteiger partial charge in [-0.25, -0.2) is 8.42 Å². The standard InChI is InChI=1S/C34H43N3O7S/c1-5-44-29-17-15-28(16-18-29)37(45(40,41)30-19-20-31(42-3)32(23-30)43-4)24-33(38)36(22-21-26-11-7-6-8-12-26)25(2)34(39)35-27-13-9-10-14-27/h6-8,11-12,15-20,23,25,27H,5,9-10,13-14,21-22,24H2,1-4H3,(H,35,39). The Morgan fingerprint density at radius 2 is 1.60 bits per heavy atom. The van der Waals surface area contributed by atoms with Gasteiger partial charge in [-0.15, -0.1) is 0 Å². The zero-order valence-corrected chi connectivity index (χ0v) is 27.2. The summed E-state index contributed by atoms with van der Waals surface area (Å²) in [5.74, 6) is 0.418. The predicted octanol–water partition coefficient (Wildman–Crippen LogP) is 4.82. The Morgan fingerprint density at radius 3 is 2.22 bits per heavy atom. The van der Waals surface area contributed by atoms with E-state index in [1.165, 1.54) is 37.3 Å². The van der Waals surface area contributed by atoms with E-state index in [0.29, 0.717) is 24.5 Å². The summed E-state index contributed by atoms with van der Waals surface area (Å²) in [6, 6.07) is 19.7. The zero-order valence-electron chi connectivity index (χ0n) is 26.4. The predicted molar refractivity (Wildman–Crippen MR) is 173 cm³/mol. The lowest BCUT2D eigenvalue weighted by atomic mass is 10.1. The second-order valence-electron chi connectivity index (χ2n) is 10.9. The SMILES string of the molecule is CCOc1ccc(N(CC(=O)N(CCc2ccccc2)C(C)C(=O)NC2CCCC2)S(=O)(=O)c2ccc(OC)c(OC)c2)cc1. The van der Waals surface area contributed by atoms with Crippen LogP contribution in [0.4, 0.5) is 5.69 Å². The number of rotatable bonds is 15. The highest BCUT2D eigenvalue weighted by Gasteiger charge is 2.33. The summed E-state index contributed by atoms with van der Waals surface area (Å²) >= 11 is 0. The van der Waals surface area contributed by atoms with Crippen molar-refractivity contribution in [2.75, 3.05) is 38.2 Å². The monoisotopic (exact) mass is 637 g/mol. The highest BCUT2D eigenvalue weighted by molar-refractivity contribution is 7.92. The Morgan fingerprint density at radius 1 is 0.933 bits per heavy atom. The van der Waals surface area contributed by atoms with E-state index in [2.05, 4.69) is 5.32 Å². The van der Waals surface area contributed by atoms with Crippen molar-refractivity contribution in [3.05, 3.63) is 78.4 Å². The molecular weight excluding hydrogens is 594 g/mol. The van der Waals surface area contributed by atoms with Crippen molar-refractivity contribution in [1.29, 1.82) is 0 Å². The number of carbonyl (C=O) groups excluding carboxylic acids is 2. The highest BCUT2D eigenvalue weighted by Crippen LogP contribution is 2.33. The van der Waals surface area contributed by atoms with Crippen LogP contribution in [0.5, 0.6) is 17.2 Å². The summed E-state index contributed by atoms with van der Waals surface area (Å²) in [5.41, 5.74) is 1.27. The molecule has 242 valence electrons. The van der Waals surface area contributed by atoms with Crippen LogP contribution in [0.3, 0.4) is 0 Å². The Labute approximate surface area is 266 Å². The van der Waals surface area contributed by atoms with Crippen LogP contribution < -0.4 is 23.8 Å². The van der Waals surface area contributed by atoms with Crippen molar-refractivity contribution in [3.63, 3.8) is 0 Å². The van der Waals surface area contributed by atoms with Crippen molar-refractivity contribution in [2.45, 2.75) is 62.9 Å². The number of sulfonamides is 1. The lowest BCUT2D eigenvalue weighted by molar-refractivity contribution is -0.139. The molecule has 1 unspecified atom stereocenters. The molecule has 10 nitrogen and oxygen atoms in total. The molecule has 4 rings (SSSR count). The number of nitrogens with one attached hydrogen (secondary N) is 1. The molecule has 2 amide bonds. The lowest BCUT2D eigenvalue weighted by Gasteiger charge is -2.32. The molecule has 45 heavy (non-hydrogen) atoms. The normalized spacial score (nSPS) is 14.0. The quantitative estimate of drug-likeness (QED) is 0.254. The number of amides is 2. The first-order chi connectivity index (χ1) is 21.7. The lowest BCUT2D eigenvalue weighted by Crippen LogP contribution is -2.53. The number of methoxy groups -OCH3 is 2. The van der Waals surface area contributed by atoms with Gasteiger partial charge in [0.25, 0.3) is 10.0 Å². The first-order valence-corrected chi connectivity index (χ1v) is 16.7. The fourth-order valence-electron chi connectivity index (χ4n) is 5.47. The molecule has 1 atom stereocenters. The van der Waals surface area contributed by atoms with Gasteiger partial charge >= 0.3 is 0 Å². The minimum absolute atomic E-state index is 0.0790. The first-order valence-electron chi connectivity index (χ1n) is 15.3. The average Bonchev–Trinajstić information content (AvgIpc) is 3.57. The third kappa shape index (κ3) is 8.48. The second kappa shape index (κ2) is 15.7. The molecule has 0 spiro atoms. The summed E-state index contributed by atoms with van der Waals surface area (Å²) in [5, 5.41) is 3.09. The van der Waals surface area contributed by atoms with Crippen LogP contribution in [0.1, 0.15) is 45.1 Å². The van der Waals surface area contributed by atoms with E-state index < -0.39 is 28.5 Å². The van der Waals surface area contributed by atoms with E-state index in [9.17, 15) is 18.0 Å². The van der Waals surface area contributed by atoms with Crippen molar-refractivity contribution < 1.29 is 32.2 Å².